The Morgan fingerprint density at radius 2 is 2.05 bits per heavy atom. The molecule has 1 fully saturated rings. The molecule has 3 nitrogen and oxygen atoms in total. The second-order valence-corrected chi connectivity index (χ2v) is 6.01. The van der Waals surface area contributed by atoms with E-state index in [1.165, 1.54) is 11.8 Å². The summed E-state index contributed by atoms with van der Waals surface area (Å²) in [5.74, 6) is 2.49. The molecule has 3 heteroatoms. The molecule has 1 aliphatic heterocycles. The molecule has 1 saturated heterocycles. The van der Waals surface area contributed by atoms with Crippen LogP contribution in [0.2, 0.25) is 0 Å². The predicted octanol–water partition coefficient (Wildman–Crippen LogP) is 3.21. The molecule has 0 spiro atoms. The van der Waals surface area contributed by atoms with Gasteiger partial charge in [-0.05, 0) is 29.7 Å². The summed E-state index contributed by atoms with van der Waals surface area (Å²) in [7, 11) is 0. The lowest BCUT2D eigenvalue weighted by molar-refractivity contribution is 0.276. The van der Waals surface area contributed by atoms with Crippen LogP contribution in [0.3, 0.4) is 0 Å². The van der Waals surface area contributed by atoms with Crippen molar-refractivity contribution < 1.29 is 5.11 Å². The normalized spacial score (nSPS) is 23.2. The molecule has 1 N–H and O–H groups in total. The molecule has 2 aromatic rings. The van der Waals surface area contributed by atoms with Gasteiger partial charge >= 0.3 is 0 Å². The first-order valence-corrected chi connectivity index (χ1v) is 7.43. The summed E-state index contributed by atoms with van der Waals surface area (Å²) in [5.41, 5.74) is 0.755. The van der Waals surface area contributed by atoms with Gasteiger partial charge in [-0.2, -0.15) is 0 Å². The zero-order valence-corrected chi connectivity index (χ0v) is 12.2. The zero-order valence-electron chi connectivity index (χ0n) is 12.2. The van der Waals surface area contributed by atoms with E-state index in [0.717, 1.165) is 35.9 Å². The number of aliphatic hydroxyl groups is 1. The summed E-state index contributed by atoms with van der Waals surface area (Å²) in [4.78, 5) is 7.06. The third-order valence-corrected chi connectivity index (χ3v) is 4.57. The lowest BCUT2D eigenvalue weighted by Crippen LogP contribution is -2.39. The second-order valence-electron chi connectivity index (χ2n) is 6.01. The number of piperidine rings is 1. The molecular formula is C17H22N2O. The molecule has 20 heavy (non-hydrogen) atoms. The van der Waals surface area contributed by atoms with Crippen molar-refractivity contribution in [2.24, 2.45) is 11.8 Å². The Balaban J connectivity index is 2.05. The van der Waals surface area contributed by atoms with Crippen molar-refractivity contribution in [2.45, 2.75) is 26.9 Å². The Kier molecular flexibility index (Phi) is 3.62. The molecule has 106 valence electrons. The lowest BCUT2D eigenvalue weighted by Gasteiger charge is -2.36. The Labute approximate surface area is 120 Å². The molecule has 2 heterocycles. The van der Waals surface area contributed by atoms with Crippen LogP contribution >= 0.6 is 0 Å². The van der Waals surface area contributed by atoms with Gasteiger partial charge in [0.2, 0.25) is 0 Å². The third-order valence-electron chi connectivity index (χ3n) is 4.57. The van der Waals surface area contributed by atoms with Crippen molar-refractivity contribution in [1.29, 1.82) is 0 Å². The molecule has 1 aromatic heterocycles. The van der Waals surface area contributed by atoms with Gasteiger partial charge in [0, 0.05) is 18.5 Å². The van der Waals surface area contributed by atoms with Crippen molar-refractivity contribution in [3.63, 3.8) is 0 Å². The molecule has 2 atom stereocenters. The number of benzene rings is 1. The summed E-state index contributed by atoms with van der Waals surface area (Å²) in [6.07, 6.45) is 1.21. The predicted molar refractivity (Wildman–Crippen MR) is 82.8 cm³/mol. The van der Waals surface area contributed by atoms with Gasteiger partial charge in [-0.25, -0.2) is 4.98 Å². The molecule has 1 aliphatic rings. The van der Waals surface area contributed by atoms with Crippen LogP contribution in [-0.2, 0) is 6.61 Å². The van der Waals surface area contributed by atoms with E-state index in [1.807, 2.05) is 12.1 Å². The minimum Gasteiger partial charge on any atom is -0.390 e. The van der Waals surface area contributed by atoms with E-state index in [2.05, 4.69) is 41.9 Å². The van der Waals surface area contributed by atoms with Gasteiger partial charge < -0.3 is 10.0 Å². The molecule has 2 unspecified atom stereocenters. The fourth-order valence-electron chi connectivity index (χ4n) is 3.01. The van der Waals surface area contributed by atoms with E-state index in [0.29, 0.717) is 5.92 Å². The fourth-order valence-corrected chi connectivity index (χ4v) is 3.01. The Morgan fingerprint density at radius 3 is 2.80 bits per heavy atom. The van der Waals surface area contributed by atoms with E-state index < -0.39 is 0 Å². The molecule has 1 aromatic carbocycles. The van der Waals surface area contributed by atoms with Crippen LogP contribution in [0.4, 0.5) is 5.82 Å². The third kappa shape index (κ3) is 2.38. The van der Waals surface area contributed by atoms with Gasteiger partial charge in [0.1, 0.15) is 5.82 Å². The van der Waals surface area contributed by atoms with E-state index >= 15 is 0 Å². The van der Waals surface area contributed by atoms with Gasteiger partial charge in [0.05, 0.1) is 12.3 Å². The van der Waals surface area contributed by atoms with Gasteiger partial charge in [-0.15, -0.1) is 0 Å². The molecule has 0 saturated carbocycles. The maximum Gasteiger partial charge on any atom is 0.136 e. The van der Waals surface area contributed by atoms with Crippen LogP contribution in [0, 0.1) is 11.8 Å². The van der Waals surface area contributed by atoms with Crippen molar-refractivity contribution >= 4 is 16.6 Å². The highest BCUT2D eigenvalue weighted by Crippen LogP contribution is 2.31. The smallest absolute Gasteiger partial charge is 0.136 e. The van der Waals surface area contributed by atoms with Crippen molar-refractivity contribution in [1.82, 2.24) is 4.98 Å². The number of hydrogen-bond donors (Lipinski definition) is 1. The number of rotatable bonds is 2. The Morgan fingerprint density at radius 1 is 1.25 bits per heavy atom. The van der Waals surface area contributed by atoms with Crippen molar-refractivity contribution in [2.75, 3.05) is 18.0 Å². The van der Waals surface area contributed by atoms with Gasteiger partial charge in [0.25, 0.3) is 0 Å². The highest BCUT2D eigenvalue weighted by Gasteiger charge is 2.24. The quantitative estimate of drug-likeness (QED) is 0.910. The number of aromatic nitrogens is 1. The van der Waals surface area contributed by atoms with E-state index in [9.17, 15) is 5.11 Å². The van der Waals surface area contributed by atoms with Crippen LogP contribution in [0.25, 0.3) is 10.8 Å². The fraction of sp³-hybridized carbons (Fsp3) is 0.471. The average Bonchev–Trinajstić information content (AvgIpc) is 2.49. The highest BCUT2D eigenvalue weighted by molar-refractivity contribution is 5.92. The SMILES string of the molecule is CC1CCN(c2nc(CO)cc3ccccc23)CC1C. The summed E-state index contributed by atoms with van der Waals surface area (Å²) in [6, 6.07) is 10.3. The van der Waals surface area contributed by atoms with E-state index in [-0.39, 0.29) is 6.61 Å². The lowest BCUT2D eigenvalue weighted by atomic mass is 9.88. The topological polar surface area (TPSA) is 36.4 Å². The number of anilines is 1. The number of fused-ring (bicyclic) bond motifs is 1. The average molecular weight is 270 g/mol. The maximum atomic E-state index is 9.43. The minimum absolute atomic E-state index is 0.00235. The van der Waals surface area contributed by atoms with Gasteiger partial charge in [0.15, 0.2) is 0 Å². The first kappa shape index (κ1) is 13.4. The van der Waals surface area contributed by atoms with Crippen molar-refractivity contribution in [3.05, 3.63) is 36.0 Å². The summed E-state index contributed by atoms with van der Waals surface area (Å²) in [5, 5.41) is 11.8. The number of pyridine rings is 1. The van der Waals surface area contributed by atoms with E-state index in [1.54, 1.807) is 0 Å². The Bertz CT molecular complexity index is 611. The van der Waals surface area contributed by atoms with Crippen LogP contribution in [0.15, 0.2) is 30.3 Å². The largest absolute Gasteiger partial charge is 0.390 e. The van der Waals surface area contributed by atoms with E-state index in [4.69, 9.17) is 0 Å². The molecule has 0 bridgehead atoms. The second kappa shape index (κ2) is 5.41. The van der Waals surface area contributed by atoms with Gasteiger partial charge in [-0.3, -0.25) is 0 Å². The first-order chi connectivity index (χ1) is 9.69. The number of hydrogen-bond acceptors (Lipinski definition) is 3. The number of aliphatic hydroxyl groups excluding tert-OH is 1. The monoisotopic (exact) mass is 270 g/mol. The highest BCUT2D eigenvalue weighted by atomic mass is 16.3. The molecule has 0 amide bonds. The minimum atomic E-state index is -0.00235. The molecule has 3 rings (SSSR count). The summed E-state index contributed by atoms with van der Waals surface area (Å²) in [6.45, 7) is 6.74. The van der Waals surface area contributed by atoms with Crippen LogP contribution in [-0.4, -0.2) is 23.2 Å². The van der Waals surface area contributed by atoms with Crippen LogP contribution in [0.1, 0.15) is 26.0 Å². The molecule has 0 radical (unpaired) electrons. The Hall–Kier alpha value is -1.61. The summed E-state index contributed by atoms with van der Waals surface area (Å²) >= 11 is 0. The standard InChI is InChI=1S/C17H22N2O/c1-12-7-8-19(10-13(12)2)17-16-6-4-3-5-14(16)9-15(11-20)18-17/h3-6,9,12-13,20H,7-8,10-11H2,1-2H3. The first-order valence-electron chi connectivity index (χ1n) is 7.43. The summed E-state index contributed by atoms with van der Waals surface area (Å²) < 4.78 is 0. The number of nitrogens with zero attached hydrogens (tertiary/aromatic N) is 2. The molecular weight excluding hydrogens is 248 g/mol. The van der Waals surface area contributed by atoms with Crippen molar-refractivity contribution in [3.8, 4) is 0 Å². The van der Waals surface area contributed by atoms with Crippen LogP contribution < -0.4 is 4.90 Å². The maximum absolute atomic E-state index is 9.43. The van der Waals surface area contributed by atoms with Crippen LogP contribution in [0.5, 0.6) is 0 Å². The zero-order chi connectivity index (χ0) is 14.1. The molecule has 0 aliphatic carbocycles. The van der Waals surface area contributed by atoms with Gasteiger partial charge in [-0.1, -0.05) is 38.1 Å².